The molecule has 0 radical (unpaired) electrons. The molecule has 0 aliphatic carbocycles. The average Bonchev–Trinajstić information content (AvgIpc) is 1.85. The van der Waals surface area contributed by atoms with Crippen molar-refractivity contribution in [3.8, 4) is 0 Å². The summed E-state index contributed by atoms with van der Waals surface area (Å²) < 4.78 is 4.52. The lowest BCUT2D eigenvalue weighted by Gasteiger charge is -2.27. The van der Waals surface area contributed by atoms with Gasteiger partial charge in [0, 0.05) is 0 Å². The van der Waals surface area contributed by atoms with Gasteiger partial charge >= 0.3 is 6.09 Å². The molecule has 0 aliphatic rings. The summed E-state index contributed by atoms with van der Waals surface area (Å²) in [5.41, 5.74) is 0. The van der Waals surface area contributed by atoms with Crippen molar-refractivity contribution < 1.29 is 9.53 Å². The number of ether oxygens (including phenoxy) is 1. The van der Waals surface area contributed by atoms with Gasteiger partial charge in [-0.1, -0.05) is 0 Å². The maximum Gasteiger partial charge on any atom is 0.411 e. The van der Waals surface area contributed by atoms with Gasteiger partial charge in [-0.15, -0.1) is 0 Å². The molecule has 0 aromatic heterocycles. The SMILES string of the molecule is COC(=O)N(C(C)S)C(C)S. The van der Waals surface area contributed by atoms with E-state index in [-0.39, 0.29) is 10.7 Å². The van der Waals surface area contributed by atoms with E-state index in [4.69, 9.17) is 0 Å². The van der Waals surface area contributed by atoms with Crippen LogP contribution in [-0.4, -0.2) is 28.9 Å². The third kappa shape index (κ3) is 3.25. The molecule has 0 aromatic rings. The van der Waals surface area contributed by atoms with Crippen LogP contribution in [0.15, 0.2) is 0 Å². The molecule has 0 rings (SSSR count). The van der Waals surface area contributed by atoms with E-state index < -0.39 is 6.09 Å². The maximum absolute atomic E-state index is 11.0. The Hall–Kier alpha value is -0.0300. The quantitative estimate of drug-likeness (QED) is 0.518. The van der Waals surface area contributed by atoms with Crippen LogP contribution >= 0.6 is 25.3 Å². The van der Waals surface area contributed by atoms with Gasteiger partial charge in [0.15, 0.2) is 0 Å². The topological polar surface area (TPSA) is 29.5 Å². The fourth-order valence-electron chi connectivity index (χ4n) is 0.723. The molecule has 0 fully saturated rings. The highest BCUT2D eigenvalue weighted by Gasteiger charge is 2.21. The number of hydrogen-bond donors (Lipinski definition) is 2. The number of methoxy groups -OCH3 is 1. The minimum atomic E-state index is -0.407. The Morgan fingerprint density at radius 3 is 1.82 bits per heavy atom. The predicted molar refractivity (Wildman–Crippen MR) is 51.1 cm³/mol. The fraction of sp³-hybridized carbons (Fsp3) is 0.833. The minimum absolute atomic E-state index is 0.185. The van der Waals surface area contributed by atoms with Crippen LogP contribution in [-0.2, 0) is 4.74 Å². The standard InChI is InChI=1S/C6H13NO2S2/c1-4(10)7(5(2)11)6(8)9-3/h4-5,10-11H,1-3H3. The number of nitrogens with zero attached hydrogens (tertiary/aromatic N) is 1. The van der Waals surface area contributed by atoms with E-state index in [2.05, 4.69) is 30.0 Å². The summed E-state index contributed by atoms with van der Waals surface area (Å²) in [5.74, 6) is 0. The van der Waals surface area contributed by atoms with Crippen molar-refractivity contribution >= 4 is 31.4 Å². The van der Waals surface area contributed by atoms with Gasteiger partial charge < -0.3 is 4.74 Å². The summed E-state index contributed by atoms with van der Waals surface area (Å²) in [7, 11) is 1.33. The first-order valence-corrected chi connectivity index (χ1v) is 4.26. The monoisotopic (exact) mass is 195 g/mol. The summed E-state index contributed by atoms with van der Waals surface area (Å²) in [5, 5.41) is -0.370. The van der Waals surface area contributed by atoms with Crippen molar-refractivity contribution in [2.24, 2.45) is 0 Å². The summed E-state index contributed by atoms with van der Waals surface area (Å²) >= 11 is 8.20. The normalized spacial score (nSPS) is 15.4. The molecule has 0 N–H and O–H groups in total. The van der Waals surface area contributed by atoms with Crippen LogP contribution in [0.3, 0.4) is 0 Å². The highest BCUT2D eigenvalue weighted by Crippen LogP contribution is 2.12. The van der Waals surface area contributed by atoms with Gasteiger partial charge in [-0.25, -0.2) is 4.79 Å². The second-order valence-electron chi connectivity index (χ2n) is 2.14. The van der Waals surface area contributed by atoms with Gasteiger partial charge in [-0.05, 0) is 13.8 Å². The third-order valence-corrected chi connectivity index (χ3v) is 1.69. The van der Waals surface area contributed by atoms with E-state index in [1.165, 1.54) is 12.0 Å². The van der Waals surface area contributed by atoms with E-state index in [1.54, 1.807) is 13.8 Å². The van der Waals surface area contributed by atoms with E-state index >= 15 is 0 Å². The van der Waals surface area contributed by atoms with Crippen LogP contribution in [0.25, 0.3) is 0 Å². The first-order chi connectivity index (χ1) is 5.00. The van der Waals surface area contributed by atoms with Crippen LogP contribution < -0.4 is 0 Å². The average molecular weight is 195 g/mol. The van der Waals surface area contributed by atoms with Crippen LogP contribution in [0.5, 0.6) is 0 Å². The molecule has 0 aliphatic heterocycles. The summed E-state index contributed by atoms with van der Waals surface area (Å²) in [6, 6.07) is 0. The lowest BCUT2D eigenvalue weighted by molar-refractivity contribution is 0.120. The lowest BCUT2D eigenvalue weighted by atomic mass is 10.5. The number of thiol groups is 2. The molecule has 66 valence electrons. The smallest absolute Gasteiger partial charge is 0.411 e. The van der Waals surface area contributed by atoms with E-state index in [0.29, 0.717) is 0 Å². The molecule has 0 heterocycles. The Bertz CT molecular complexity index is 131. The Balaban J connectivity index is 4.22. The van der Waals surface area contributed by atoms with Crippen LogP contribution in [0.4, 0.5) is 4.79 Å². The number of carbonyl (C=O) groups excluding carboxylic acids is 1. The molecule has 0 saturated heterocycles. The zero-order valence-corrected chi connectivity index (χ0v) is 8.60. The van der Waals surface area contributed by atoms with E-state index in [1.807, 2.05) is 0 Å². The molecule has 0 aromatic carbocycles. The first-order valence-electron chi connectivity index (χ1n) is 3.23. The van der Waals surface area contributed by atoms with Crippen molar-refractivity contribution in [1.82, 2.24) is 4.90 Å². The lowest BCUT2D eigenvalue weighted by Crippen LogP contribution is -2.39. The predicted octanol–water partition coefficient (Wildman–Crippen LogP) is 1.61. The minimum Gasteiger partial charge on any atom is -0.453 e. The highest BCUT2D eigenvalue weighted by molar-refractivity contribution is 7.81. The molecule has 0 spiro atoms. The number of rotatable bonds is 2. The fourth-order valence-corrected chi connectivity index (χ4v) is 1.42. The third-order valence-electron chi connectivity index (χ3n) is 1.19. The van der Waals surface area contributed by atoms with E-state index in [9.17, 15) is 4.79 Å². The summed E-state index contributed by atoms with van der Waals surface area (Å²) in [6.07, 6.45) is -0.407. The van der Waals surface area contributed by atoms with Gasteiger partial charge in [0.25, 0.3) is 0 Å². The molecule has 1 amide bonds. The molecule has 2 unspecified atom stereocenters. The van der Waals surface area contributed by atoms with Gasteiger partial charge in [0.05, 0.1) is 17.9 Å². The Labute approximate surface area is 77.9 Å². The molecule has 0 bridgehead atoms. The Kier molecular flexibility index (Phi) is 4.76. The largest absolute Gasteiger partial charge is 0.453 e. The molecule has 5 heteroatoms. The zero-order chi connectivity index (χ0) is 9.02. The molecular formula is C6H13NO2S2. The zero-order valence-electron chi connectivity index (χ0n) is 6.81. The number of amides is 1. The van der Waals surface area contributed by atoms with Gasteiger partial charge in [-0.2, -0.15) is 25.3 Å². The van der Waals surface area contributed by atoms with Crippen LogP contribution in [0.1, 0.15) is 13.8 Å². The van der Waals surface area contributed by atoms with Crippen LogP contribution in [0, 0.1) is 0 Å². The van der Waals surface area contributed by atoms with Gasteiger partial charge in [-0.3, -0.25) is 4.90 Å². The van der Waals surface area contributed by atoms with E-state index in [0.717, 1.165) is 0 Å². The molecule has 3 nitrogen and oxygen atoms in total. The van der Waals surface area contributed by atoms with Gasteiger partial charge in [0.1, 0.15) is 0 Å². The summed E-state index contributed by atoms with van der Waals surface area (Å²) in [6.45, 7) is 3.57. The second-order valence-corrected chi connectivity index (χ2v) is 3.64. The molecule has 11 heavy (non-hydrogen) atoms. The number of hydrogen-bond acceptors (Lipinski definition) is 4. The Morgan fingerprint density at radius 1 is 1.36 bits per heavy atom. The van der Waals surface area contributed by atoms with Crippen molar-refractivity contribution in [3.05, 3.63) is 0 Å². The van der Waals surface area contributed by atoms with Crippen molar-refractivity contribution in [2.45, 2.75) is 24.6 Å². The second kappa shape index (κ2) is 4.77. The first kappa shape index (κ1) is 11.0. The summed E-state index contributed by atoms with van der Waals surface area (Å²) in [4.78, 5) is 12.4. The van der Waals surface area contributed by atoms with Crippen molar-refractivity contribution in [2.75, 3.05) is 7.11 Å². The van der Waals surface area contributed by atoms with Crippen LogP contribution in [0.2, 0.25) is 0 Å². The molecular weight excluding hydrogens is 182 g/mol. The van der Waals surface area contributed by atoms with Crippen molar-refractivity contribution in [1.29, 1.82) is 0 Å². The Morgan fingerprint density at radius 2 is 1.73 bits per heavy atom. The molecule has 2 atom stereocenters. The van der Waals surface area contributed by atoms with Crippen molar-refractivity contribution in [3.63, 3.8) is 0 Å². The highest BCUT2D eigenvalue weighted by atomic mass is 32.1. The number of carbonyl (C=O) groups is 1. The maximum atomic E-state index is 11.0. The van der Waals surface area contributed by atoms with Gasteiger partial charge in [0.2, 0.25) is 0 Å². The molecule has 0 saturated carbocycles.